The lowest BCUT2D eigenvalue weighted by atomic mass is 9.98. The zero-order valence-electron chi connectivity index (χ0n) is 27.9. The zero-order chi connectivity index (χ0) is 38.5. The van der Waals surface area contributed by atoms with Crippen molar-refractivity contribution in [2.75, 3.05) is 6.61 Å². The number of carbonyl (C=O) groups excluding carboxylic acids is 2. The predicted molar refractivity (Wildman–Crippen MR) is 189 cm³/mol. The maximum atomic E-state index is 13.9. The summed E-state index contributed by atoms with van der Waals surface area (Å²) in [6.07, 6.45) is -4.24. The third-order valence-corrected chi connectivity index (χ3v) is 8.18. The van der Waals surface area contributed by atoms with Crippen LogP contribution in [0.1, 0.15) is 11.1 Å². The molecule has 5 atom stereocenters. The van der Waals surface area contributed by atoms with E-state index in [9.17, 15) is 50.1 Å². The van der Waals surface area contributed by atoms with Crippen molar-refractivity contribution in [1.82, 2.24) is 0 Å². The summed E-state index contributed by atoms with van der Waals surface area (Å²) in [5.74, 6) is -4.01. The number of phenolic OH excluding ortho intramolecular Hbond substituents is 5. The molecule has 5 aromatic rings. The number of phenols is 5. The fourth-order valence-electron chi connectivity index (χ4n) is 5.46. The Kier molecular flexibility index (Phi) is 10.8. The van der Waals surface area contributed by atoms with Crippen molar-refractivity contribution in [3.63, 3.8) is 0 Å². The predicted octanol–water partition coefficient (Wildman–Crippen LogP) is 3.70. The molecule has 1 saturated heterocycles. The molecule has 1 unspecified atom stereocenters. The Labute approximate surface area is 305 Å². The first-order valence-corrected chi connectivity index (χ1v) is 16.2. The summed E-state index contributed by atoms with van der Waals surface area (Å²) in [5, 5.41) is 71.7. The molecule has 2 heterocycles. The molecule has 0 spiro atoms. The number of esters is 2. The summed E-state index contributed by atoms with van der Waals surface area (Å²) in [7, 11) is 0. The summed E-state index contributed by atoms with van der Waals surface area (Å²) in [4.78, 5) is 39.5. The number of aromatic hydroxyl groups is 5. The topological polar surface area (TPSA) is 243 Å². The summed E-state index contributed by atoms with van der Waals surface area (Å²) < 4.78 is 28.3. The second-order valence-electron chi connectivity index (χ2n) is 12.0. The molecule has 15 nitrogen and oxygen atoms in total. The van der Waals surface area contributed by atoms with Gasteiger partial charge in [0.15, 0.2) is 18.0 Å². The minimum atomic E-state index is -2.00. The summed E-state index contributed by atoms with van der Waals surface area (Å²) in [6, 6.07) is 19.0. The van der Waals surface area contributed by atoms with Gasteiger partial charge in [-0.1, -0.05) is 24.3 Å². The number of hydrogen-bond donors (Lipinski definition) is 7. The van der Waals surface area contributed by atoms with Gasteiger partial charge in [-0.2, -0.15) is 0 Å². The fourth-order valence-corrected chi connectivity index (χ4v) is 5.46. The number of fused-ring (bicyclic) bond motifs is 1. The second kappa shape index (κ2) is 15.8. The van der Waals surface area contributed by atoms with Crippen LogP contribution in [0.25, 0.3) is 34.4 Å². The molecule has 0 bridgehead atoms. The van der Waals surface area contributed by atoms with Crippen molar-refractivity contribution in [3.8, 4) is 45.8 Å². The Bertz CT molecular complexity index is 2260. The highest BCUT2D eigenvalue weighted by Gasteiger charge is 2.49. The van der Waals surface area contributed by atoms with Gasteiger partial charge in [-0.25, -0.2) is 9.59 Å². The average molecular weight is 741 g/mol. The van der Waals surface area contributed by atoms with Crippen molar-refractivity contribution in [2.45, 2.75) is 30.7 Å². The van der Waals surface area contributed by atoms with E-state index in [0.29, 0.717) is 11.1 Å². The van der Waals surface area contributed by atoms with Gasteiger partial charge in [0.2, 0.25) is 17.5 Å². The number of carbonyl (C=O) groups is 2. The highest BCUT2D eigenvalue weighted by molar-refractivity contribution is 5.89. The van der Waals surface area contributed by atoms with E-state index in [2.05, 4.69) is 0 Å². The number of aliphatic hydroxyl groups is 2. The van der Waals surface area contributed by atoms with E-state index in [1.54, 1.807) is 12.1 Å². The van der Waals surface area contributed by atoms with Crippen LogP contribution in [0.3, 0.4) is 0 Å². The van der Waals surface area contributed by atoms with Gasteiger partial charge < -0.3 is 59.1 Å². The van der Waals surface area contributed by atoms with E-state index < -0.39 is 77.3 Å². The Morgan fingerprint density at radius 3 is 1.85 bits per heavy atom. The molecule has 54 heavy (non-hydrogen) atoms. The van der Waals surface area contributed by atoms with Crippen LogP contribution in [0.15, 0.2) is 106 Å². The first-order valence-electron chi connectivity index (χ1n) is 16.2. The molecule has 1 aromatic heterocycles. The van der Waals surface area contributed by atoms with Gasteiger partial charge in [-0.05, 0) is 71.8 Å². The molecule has 6 rings (SSSR count). The maximum Gasteiger partial charge on any atom is 0.331 e. The SMILES string of the molecule is O=C(/C=C/c1ccc(O)cc1)OC[C@H]1OC(Oc2c(-c3ccc(O)cc3)oc3cc(O)cc(O)c3c2=O)[C@H](O)[C@@H](OC(=O)/C=C/c2ccc(O)cc2)[C@@H]1O. The summed E-state index contributed by atoms with van der Waals surface area (Å²) >= 11 is 0. The molecular formula is C39H32O15. The van der Waals surface area contributed by atoms with E-state index in [1.165, 1.54) is 72.8 Å². The van der Waals surface area contributed by atoms with Gasteiger partial charge in [0.05, 0.1) is 0 Å². The highest BCUT2D eigenvalue weighted by atomic mass is 16.7. The zero-order valence-corrected chi connectivity index (χ0v) is 27.9. The minimum absolute atomic E-state index is 0.000756. The lowest BCUT2D eigenvalue weighted by Gasteiger charge is -2.41. The first-order chi connectivity index (χ1) is 25.9. The molecule has 0 saturated carbocycles. The summed E-state index contributed by atoms with van der Waals surface area (Å²) in [5.41, 5.74) is 0.00793. The smallest absolute Gasteiger partial charge is 0.331 e. The number of hydrogen-bond acceptors (Lipinski definition) is 15. The van der Waals surface area contributed by atoms with Crippen molar-refractivity contribution in [3.05, 3.63) is 118 Å². The lowest BCUT2D eigenvalue weighted by Crippen LogP contribution is -2.61. The first kappa shape index (κ1) is 37.0. The van der Waals surface area contributed by atoms with Crippen LogP contribution in [0, 0.1) is 0 Å². The molecule has 1 aliphatic rings. The van der Waals surface area contributed by atoms with Gasteiger partial charge >= 0.3 is 11.9 Å². The van der Waals surface area contributed by atoms with Crippen LogP contribution >= 0.6 is 0 Å². The van der Waals surface area contributed by atoms with Crippen LogP contribution in [0.4, 0.5) is 0 Å². The number of ether oxygens (including phenoxy) is 4. The van der Waals surface area contributed by atoms with E-state index in [1.807, 2.05) is 0 Å². The van der Waals surface area contributed by atoms with Gasteiger partial charge in [0, 0.05) is 29.8 Å². The second-order valence-corrected chi connectivity index (χ2v) is 12.0. The molecule has 7 N–H and O–H groups in total. The molecule has 0 radical (unpaired) electrons. The largest absolute Gasteiger partial charge is 0.508 e. The van der Waals surface area contributed by atoms with E-state index in [0.717, 1.165) is 24.3 Å². The van der Waals surface area contributed by atoms with Crippen LogP contribution in [-0.4, -0.2) is 85.0 Å². The third-order valence-electron chi connectivity index (χ3n) is 8.18. The average Bonchev–Trinajstić information content (AvgIpc) is 3.14. The van der Waals surface area contributed by atoms with Gasteiger partial charge in [-0.15, -0.1) is 0 Å². The minimum Gasteiger partial charge on any atom is -0.508 e. The van der Waals surface area contributed by atoms with Crippen molar-refractivity contribution >= 4 is 35.1 Å². The normalized spacial score (nSPS) is 19.9. The highest BCUT2D eigenvalue weighted by Crippen LogP contribution is 2.38. The van der Waals surface area contributed by atoms with Gasteiger partial charge in [-0.3, -0.25) is 4.79 Å². The molecule has 278 valence electrons. The standard InChI is InChI=1S/C39H32O15/c40-23-9-1-20(2-10-23)5-15-30(45)50-19-29-33(47)37(53-31(46)16-6-21-3-11-24(41)12-4-21)35(49)39(52-29)54-38-34(48)32-27(44)17-26(43)18-28(32)51-36(38)22-7-13-25(42)14-8-22/h1-18,29,33,35,37,39-44,47,49H,19H2/b15-5+,16-6+/t29-,33-,35-,37+,39?/m1/s1. The molecule has 0 aliphatic carbocycles. The number of rotatable bonds is 10. The van der Waals surface area contributed by atoms with E-state index in [-0.39, 0.29) is 34.2 Å². The maximum absolute atomic E-state index is 13.9. The molecule has 4 aromatic carbocycles. The Morgan fingerprint density at radius 2 is 1.26 bits per heavy atom. The Hall–Kier alpha value is -6.81. The van der Waals surface area contributed by atoms with Crippen molar-refractivity contribution in [2.24, 2.45) is 0 Å². The molecule has 15 heteroatoms. The van der Waals surface area contributed by atoms with Gasteiger partial charge in [0.25, 0.3) is 0 Å². The van der Waals surface area contributed by atoms with Crippen LogP contribution in [0.2, 0.25) is 0 Å². The molecule has 1 aliphatic heterocycles. The Balaban J connectivity index is 1.32. The van der Waals surface area contributed by atoms with Gasteiger partial charge in [0.1, 0.15) is 58.5 Å². The van der Waals surface area contributed by atoms with Crippen molar-refractivity contribution in [1.29, 1.82) is 0 Å². The molecule has 0 amide bonds. The lowest BCUT2D eigenvalue weighted by molar-refractivity contribution is -0.281. The van der Waals surface area contributed by atoms with E-state index >= 15 is 0 Å². The van der Waals surface area contributed by atoms with Crippen LogP contribution in [-0.2, 0) is 23.8 Å². The van der Waals surface area contributed by atoms with Crippen LogP contribution in [0.5, 0.6) is 34.5 Å². The summed E-state index contributed by atoms with van der Waals surface area (Å²) in [6.45, 7) is -0.666. The van der Waals surface area contributed by atoms with Crippen molar-refractivity contribution < 1.29 is 68.7 Å². The van der Waals surface area contributed by atoms with Crippen LogP contribution < -0.4 is 10.2 Å². The monoisotopic (exact) mass is 740 g/mol. The fraction of sp³-hybridized carbons (Fsp3) is 0.154. The third kappa shape index (κ3) is 8.45. The molecular weight excluding hydrogens is 708 g/mol. The quantitative estimate of drug-likeness (QED) is 0.0798. The number of benzene rings is 4. The van der Waals surface area contributed by atoms with E-state index in [4.69, 9.17) is 23.4 Å². The molecule has 1 fully saturated rings. The number of aliphatic hydroxyl groups excluding tert-OH is 2. The Morgan fingerprint density at radius 1 is 0.704 bits per heavy atom.